The van der Waals surface area contributed by atoms with Crippen molar-refractivity contribution in [3.05, 3.63) is 16.5 Å². The number of hydrogen-bond acceptors (Lipinski definition) is 3. The summed E-state index contributed by atoms with van der Waals surface area (Å²) >= 11 is 6.04. The molecule has 0 fully saturated rings. The first-order chi connectivity index (χ1) is 7.58. The molecule has 1 heterocycles. The molecule has 1 aromatic rings. The summed E-state index contributed by atoms with van der Waals surface area (Å²) in [5.74, 6) is 4.08. The molecule has 1 aromatic heterocycles. The summed E-state index contributed by atoms with van der Waals surface area (Å²) in [6.07, 6.45) is 7.12. The highest BCUT2D eigenvalue weighted by Gasteiger charge is 2.10. The molecule has 0 spiro atoms. The molecule has 0 aromatic carbocycles. The van der Waals surface area contributed by atoms with Crippen molar-refractivity contribution >= 4 is 17.4 Å². The van der Waals surface area contributed by atoms with E-state index in [0.717, 1.165) is 30.0 Å². The molecule has 0 aliphatic heterocycles. The third kappa shape index (κ3) is 3.11. The molecule has 0 radical (unpaired) electrons. The lowest BCUT2D eigenvalue weighted by Crippen LogP contribution is -2.15. The molecule has 16 heavy (non-hydrogen) atoms. The molecule has 0 aliphatic carbocycles. The molecule has 86 valence electrons. The quantitative estimate of drug-likeness (QED) is 0.647. The van der Waals surface area contributed by atoms with E-state index in [1.54, 1.807) is 0 Å². The molecule has 1 N–H and O–H groups in total. The van der Waals surface area contributed by atoms with Gasteiger partial charge in [-0.15, -0.1) is 6.42 Å². The predicted molar refractivity (Wildman–Crippen MR) is 67.7 cm³/mol. The van der Waals surface area contributed by atoms with Crippen LogP contribution in [0.5, 0.6) is 0 Å². The molecule has 0 amide bonds. The number of nitrogens with one attached hydrogen (secondary N) is 1. The van der Waals surface area contributed by atoms with Crippen molar-refractivity contribution in [3.8, 4) is 12.3 Å². The Hall–Kier alpha value is -1.27. The first kappa shape index (κ1) is 12.8. The van der Waals surface area contributed by atoms with Crippen LogP contribution in [0.25, 0.3) is 0 Å². The molecule has 0 saturated heterocycles. The standard InChI is InChI=1S/C12H16ClN3/c1-5-7-10-15-11(13)9(4)12(16-10)14-8(3)6-2/h2,8H,5,7H2,1,3-4H3,(H,14,15,16). The summed E-state index contributed by atoms with van der Waals surface area (Å²) in [5.41, 5.74) is 0.837. The Balaban J connectivity index is 3.02. The Morgan fingerprint density at radius 2 is 2.19 bits per heavy atom. The van der Waals surface area contributed by atoms with Gasteiger partial charge in [0.2, 0.25) is 0 Å². The minimum atomic E-state index is -0.0702. The maximum absolute atomic E-state index is 6.04. The summed E-state index contributed by atoms with van der Waals surface area (Å²) in [6, 6.07) is -0.0702. The lowest BCUT2D eigenvalue weighted by Gasteiger charge is -2.13. The van der Waals surface area contributed by atoms with Crippen molar-refractivity contribution in [1.82, 2.24) is 9.97 Å². The van der Waals surface area contributed by atoms with Crippen LogP contribution in [-0.4, -0.2) is 16.0 Å². The summed E-state index contributed by atoms with van der Waals surface area (Å²) in [6.45, 7) is 5.85. The highest BCUT2D eigenvalue weighted by molar-refractivity contribution is 6.30. The zero-order valence-electron chi connectivity index (χ0n) is 9.84. The molecule has 0 aliphatic rings. The third-order valence-electron chi connectivity index (χ3n) is 2.21. The second-order valence-corrected chi connectivity index (χ2v) is 4.04. The number of hydrogen-bond donors (Lipinski definition) is 1. The van der Waals surface area contributed by atoms with E-state index in [4.69, 9.17) is 18.0 Å². The van der Waals surface area contributed by atoms with Gasteiger partial charge in [0.25, 0.3) is 0 Å². The number of nitrogens with zero attached hydrogens (tertiary/aromatic N) is 2. The zero-order valence-corrected chi connectivity index (χ0v) is 10.6. The van der Waals surface area contributed by atoms with Gasteiger partial charge in [-0.05, 0) is 20.3 Å². The van der Waals surface area contributed by atoms with Crippen LogP contribution in [0.2, 0.25) is 5.15 Å². The van der Waals surface area contributed by atoms with Crippen LogP contribution in [0.1, 0.15) is 31.7 Å². The molecular formula is C12H16ClN3. The van der Waals surface area contributed by atoms with E-state index in [9.17, 15) is 0 Å². The fourth-order valence-corrected chi connectivity index (χ4v) is 1.44. The fourth-order valence-electron chi connectivity index (χ4n) is 1.26. The van der Waals surface area contributed by atoms with Gasteiger partial charge in [-0.25, -0.2) is 9.97 Å². The van der Waals surface area contributed by atoms with E-state index in [-0.39, 0.29) is 6.04 Å². The maximum Gasteiger partial charge on any atom is 0.137 e. The lowest BCUT2D eigenvalue weighted by molar-refractivity contribution is 0.827. The van der Waals surface area contributed by atoms with E-state index in [2.05, 4.69) is 28.1 Å². The molecule has 1 unspecified atom stereocenters. The third-order valence-corrected chi connectivity index (χ3v) is 2.58. The number of halogens is 1. The molecule has 0 saturated carbocycles. The molecule has 0 bridgehead atoms. The minimum absolute atomic E-state index is 0.0702. The predicted octanol–water partition coefficient (Wildman–Crippen LogP) is 2.82. The van der Waals surface area contributed by atoms with Crippen molar-refractivity contribution in [2.24, 2.45) is 0 Å². The normalized spacial score (nSPS) is 11.9. The maximum atomic E-state index is 6.04. The SMILES string of the molecule is C#CC(C)Nc1nc(CCC)nc(Cl)c1C. The van der Waals surface area contributed by atoms with E-state index in [1.807, 2.05) is 13.8 Å². The van der Waals surface area contributed by atoms with Gasteiger partial charge in [-0.1, -0.05) is 24.4 Å². The van der Waals surface area contributed by atoms with Crippen molar-refractivity contribution < 1.29 is 0 Å². The van der Waals surface area contributed by atoms with Crippen LogP contribution in [-0.2, 0) is 6.42 Å². The van der Waals surface area contributed by atoms with Gasteiger partial charge >= 0.3 is 0 Å². The van der Waals surface area contributed by atoms with Crippen LogP contribution in [0.15, 0.2) is 0 Å². The molecule has 1 rings (SSSR count). The van der Waals surface area contributed by atoms with Gasteiger partial charge in [0, 0.05) is 12.0 Å². The van der Waals surface area contributed by atoms with E-state index >= 15 is 0 Å². The van der Waals surface area contributed by atoms with E-state index < -0.39 is 0 Å². The van der Waals surface area contributed by atoms with E-state index in [0.29, 0.717) is 5.15 Å². The van der Waals surface area contributed by atoms with Crippen LogP contribution in [0.3, 0.4) is 0 Å². The smallest absolute Gasteiger partial charge is 0.137 e. The Kier molecular flexibility index (Phi) is 4.57. The Morgan fingerprint density at radius 1 is 1.50 bits per heavy atom. The van der Waals surface area contributed by atoms with Gasteiger partial charge in [-0.3, -0.25) is 0 Å². The average molecular weight is 238 g/mol. The Morgan fingerprint density at radius 3 is 2.75 bits per heavy atom. The van der Waals surface area contributed by atoms with Crippen molar-refractivity contribution in [2.75, 3.05) is 5.32 Å². The van der Waals surface area contributed by atoms with Crippen molar-refractivity contribution in [1.29, 1.82) is 0 Å². The molecule has 4 heteroatoms. The topological polar surface area (TPSA) is 37.8 Å². The van der Waals surface area contributed by atoms with Gasteiger partial charge in [0.05, 0.1) is 6.04 Å². The second kappa shape index (κ2) is 5.72. The Labute approximate surface area is 102 Å². The van der Waals surface area contributed by atoms with Crippen LogP contribution in [0.4, 0.5) is 5.82 Å². The van der Waals surface area contributed by atoms with Gasteiger partial charge in [0.1, 0.15) is 16.8 Å². The second-order valence-electron chi connectivity index (χ2n) is 3.69. The zero-order chi connectivity index (χ0) is 12.1. The highest BCUT2D eigenvalue weighted by Crippen LogP contribution is 2.20. The number of aryl methyl sites for hydroxylation is 1. The number of anilines is 1. The number of rotatable bonds is 4. The summed E-state index contributed by atoms with van der Waals surface area (Å²) in [5, 5.41) is 3.62. The van der Waals surface area contributed by atoms with Gasteiger partial charge in [-0.2, -0.15) is 0 Å². The van der Waals surface area contributed by atoms with Crippen molar-refractivity contribution in [2.45, 2.75) is 39.7 Å². The Bertz CT molecular complexity index is 409. The van der Waals surface area contributed by atoms with Crippen molar-refractivity contribution in [3.63, 3.8) is 0 Å². The number of terminal acetylenes is 1. The summed E-state index contributed by atoms with van der Waals surface area (Å²) < 4.78 is 0. The molecular weight excluding hydrogens is 222 g/mol. The van der Waals surface area contributed by atoms with Gasteiger partial charge in [0.15, 0.2) is 0 Å². The minimum Gasteiger partial charge on any atom is -0.356 e. The molecule has 3 nitrogen and oxygen atoms in total. The first-order valence-electron chi connectivity index (χ1n) is 5.34. The average Bonchev–Trinajstić information content (AvgIpc) is 2.25. The highest BCUT2D eigenvalue weighted by atomic mass is 35.5. The fraction of sp³-hybridized carbons (Fsp3) is 0.500. The molecule has 1 atom stereocenters. The van der Waals surface area contributed by atoms with E-state index in [1.165, 1.54) is 0 Å². The monoisotopic (exact) mass is 237 g/mol. The number of aromatic nitrogens is 2. The summed E-state index contributed by atoms with van der Waals surface area (Å²) in [4.78, 5) is 8.63. The van der Waals surface area contributed by atoms with Crippen LogP contribution >= 0.6 is 11.6 Å². The van der Waals surface area contributed by atoms with Gasteiger partial charge < -0.3 is 5.32 Å². The largest absolute Gasteiger partial charge is 0.356 e. The van der Waals surface area contributed by atoms with Crippen LogP contribution in [0, 0.1) is 19.3 Å². The lowest BCUT2D eigenvalue weighted by atomic mass is 10.2. The first-order valence-corrected chi connectivity index (χ1v) is 5.72. The summed E-state index contributed by atoms with van der Waals surface area (Å²) in [7, 11) is 0. The van der Waals surface area contributed by atoms with Crippen LogP contribution < -0.4 is 5.32 Å².